The summed E-state index contributed by atoms with van der Waals surface area (Å²) in [6.07, 6.45) is -5.57. The molecular formula is C27H28Cl2O7. The van der Waals surface area contributed by atoms with E-state index in [4.69, 9.17) is 37.4 Å². The Morgan fingerprint density at radius 2 is 1.36 bits per heavy atom. The van der Waals surface area contributed by atoms with Gasteiger partial charge in [-0.1, -0.05) is 47.5 Å². The molecule has 1 aliphatic heterocycles. The molecule has 36 heavy (non-hydrogen) atoms. The van der Waals surface area contributed by atoms with Gasteiger partial charge < -0.3 is 34.6 Å². The van der Waals surface area contributed by atoms with E-state index in [1.165, 1.54) is 0 Å². The maximum Gasteiger partial charge on any atom is 0.122 e. The zero-order chi connectivity index (χ0) is 25.7. The van der Waals surface area contributed by atoms with Crippen LogP contribution < -0.4 is 9.47 Å². The van der Waals surface area contributed by atoms with Crippen molar-refractivity contribution in [1.82, 2.24) is 0 Å². The quantitative estimate of drug-likeness (QED) is 0.311. The molecule has 0 amide bonds. The molecule has 4 rings (SSSR count). The molecule has 9 heteroatoms. The lowest BCUT2D eigenvalue weighted by molar-refractivity contribution is -0.231. The fourth-order valence-corrected chi connectivity index (χ4v) is 4.37. The van der Waals surface area contributed by atoms with Gasteiger partial charge in [0.1, 0.15) is 55.2 Å². The number of aliphatic hydroxyl groups excluding tert-OH is 4. The van der Waals surface area contributed by atoms with Gasteiger partial charge in [-0.05, 0) is 65.6 Å². The van der Waals surface area contributed by atoms with Crippen molar-refractivity contribution in [3.05, 3.63) is 93.5 Å². The number of ether oxygens (including phenoxy) is 3. The maximum atomic E-state index is 10.4. The first-order valence-electron chi connectivity index (χ1n) is 11.5. The predicted octanol–water partition coefficient (Wildman–Crippen LogP) is 3.56. The van der Waals surface area contributed by atoms with Gasteiger partial charge in [0.05, 0.1) is 6.61 Å². The Morgan fingerprint density at radius 3 is 1.97 bits per heavy atom. The zero-order valence-corrected chi connectivity index (χ0v) is 20.8. The van der Waals surface area contributed by atoms with Gasteiger partial charge in [-0.3, -0.25) is 0 Å². The molecule has 0 saturated carbocycles. The molecule has 1 aliphatic rings. The molecule has 0 bridgehead atoms. The Kier molecular flexibility index (Phi) is 9.09. The molecule has 3 aromatic rings. The topological polar surface area (TPSA) is 109 Å². The van der Waals surface area contributed by atoms with Crippen molar-refractivity contribution in [3.63, 3.8) is 0 Å². The van der Waals surface area contributed by atoms with Crippen molar-refractivity contribution in [2.24, 2.45) is 0 Å². The summed E-state index contributed by atoms with van der Waals surface area (Å²) in [4.78, 5) is 0. The van der Waals surface area contributed by atoms with E-state index in [-0.39, 0.29) is 0 Å². The highest BCUT2D eigenvalue weighted by Gasteiger charge is 2.44. The normalized spacial score (nSPS) is 23.9. The van der Waals surface area contributed by atoms with Crippen LogP contribution in [0.2, 0.25) is 10.0 Å². The molecule has 5 atom stereocenters. The maximum absolute atomic E-state index is 10.4. The molecule has 0 spiro atoms. The van der Waals surface area contributed by atoms with Gasteiger partial charge in [0.15, 0.2) is 0 Å². The van der Waals surface area contributed by atoms with E-state index < -0.39 is 37.1 Å². The van der Waals surface area contributed by atoms with Crippen molar-refractivity contribution < 1.29 is 34.6 Å². The van der Waals surface area contributed by atoms with E-state index in [0.29, 0.717) is 41.0 Å². The minimum Gasteiger partial charge on any atom is -0.490 e. The summed E-state index contributed by atoms with van der Waals surface area (Å²) in [5, 5.41) is 41.2. The Bertz CT molecular complexity index is 1120. The molecular weight excluding hydrogens is 507 g/mol. The summed E-state index contributed by atoms with van der Waals surface area (Å²) < 4.78 is 17.0. The average Bonchev–Trinajstić information content (AvgIpc) is 2.89. The number of rotatable bonds is 9. The predicted molar refractivity (Wildman–Crippen MR) is 136 cm³/mol. The van der Waals surface area contributed by atoms with Crippen LogP contribution in [0.1, 0.15) is 22.8 Å². The van der Waals surface area contributed by atoms with Gasteiger partial charge in [0, 0.05) is 10.0 Å². The van der Waals surface area contributed by atoms with Crippen LogP contribution in [0.3, 0.4) is 0 Å². The number of hydrogen-bond donors (Lipinski definition) is 4. The molecule has 0 unspecified atom stereocenters. The number of hydrogen-bond acceptors (Lipinski definition) is 7. The molecule has 0 aliphatic carbocycles. The minimum absolute atomic E-state index is 0.384. The first-order chi connectivity index (χ1) is 17.4. The second-order valence-electron chi connectivity index (χ2n) is 8.57. The highest BCUT2D eigenvalue weighted by Crippen LogP contribution is 2.34. The average molecular weight is 535 g/mol. The van der Waals surface area contributed by atoms with Crippen molar-refractivity contribution in [2.75, 3.05) is 19.8 Å². The van der Waals surface area contributed by atoms with Crippen molar-refractivity contribution >= 4 is 23.2 Å². The number of halogens is 2. The molecule has 3 aromatic carbocycles. The monoisotopic (exact) mass is 534 g/mol. The summed E-state index contributed by atoms with van der Waals surface area (Å²) in [5.74, 6) is 1.43. The number of aliphatic hydroxyl groups is 4. The van der Waals surface area contributed by atoms with Gasteiger partial charge in [-0.15, -0.1) is 0 Å². The van der Waals surface area contributed by atoms with E-state index in [1.54, 1.807) is 42.5 Å². The molecule has 1 fully saturated rings. The van der Waals surface area contributed by atoms with Gasteiger partial charge in [-0.2, -0.15) is 0 Å². The Morgan fingerprint density at radius 1 is 0.750 bits per heavy atom. The molecule has 0 radical (unpaired) electrons. The largest absolute Gasteiger partial charge is 0.490 e. The zero-order valence-electron chi connectivity index (χ0n) is 19.3. The summed E-state index contributed by atoms with van der Waals surface area (Å²) in [6, 6.07) is 19.9. The van der Waals surface area contributed by atoms with Crippen LogP contribution in [0.4, 0.5) is 0 Å². The standard InChI is InChI=1S/C27H28Cl2O7/c28-19-4-8-21(9-5-19)35-12-11-34-20-6-1-16(2-7-20)13-18-14-17(3-10-22(18)29)27-26(33)25(32)24(31)23(15-30)36-27/h1-10,14,23-27,30-33H,11-13,15H2/t23-,24-,25+,26-,27+/m1/s1. The first kappa shape index (κ1) is 26.7. The van der Waals surface area contributed by atoms with Crippen molar-refractivity contribution in [1.29, 1.82) is 0 Å². The van der Waals surface area contributed by atoms with Gasteiger partial charge in [-0.25, -0.2) is 0 Å². The van der Waals surface area contributed by atoms with Gasteiger partial charge >= 0.3 is 0 Å². The summed E-state index contributed by atoms with van der Waals surface area (Å²) in [7, 11) is 0. The summed E-state index contributed by atoms with van der Waals surface area (Å²) in [6.45, 7) is 0.294. The third-order valence-corrected chi connectivity index (χ3v) is 6.66. The molecule has 192 valence electrons. The van der Waals surface area contributed by atoms with E-state index >= 15 is 0 Å². The van der Waals surface area contributed by atoms with Crippen LogP contribution in [-0.2, 0) is 11.2 Å². The van der Waals surface area contributed by atoms with E-state index in [0.717, 1.165) is 16.9 Å². The van der Waals surface area contributed by atoms with E-state index in [9.17, 15) is 20.4 Å². The molecule has 1 saturated heterocycles. The highest BCUT2D eigenvalue weighted by molar-refractivity contribution is 6.31. The van der Waals surface area contributed by atoms with Crippen LogP contribution in [0, 0.1) is 0 Å². The van der Waals surface area contributed by atoms with Crippen LogP contribution in [-0.4, -0.2) is 64.7 Å². The summed E-state index contributed by atoms with van der Waals surface area (Å²) in [5.41, 5.74) is 2.38. The fraction of sp³-hybridized carbons (Fsp3) is 0.333. The van der Waals surface area contributed by atoms with Crippen LogP contribution in [0.25, 0.3) is 0 Å². The van der Waals surface area contributed by atoms with Crippen molar-refractivity contribution in [2.45, 2.75) is 36.9 Å². The first-order valence-corrected chi connectivity index (χ1v) is 12.3. The second-order valence-corrected chi connectivity index (χ2v) is 9.42. The molecule has 0 aromatic heterocycles. The Labute approximate surface area is 219 Å². The molecule has 4 N–H and O–H groups in total. The lowest BCUT2D eigenvalue weighted by Gasteiger charge is -2.40. The Hall–Kier alpha value is -2.36. The lowest BCUT2D eigenvalue weighted by atomic mass is 9.90. The third kappa shape index (κ3) is 6.49. The fourth-order valence-electron chi connectivity index (χ4n) is 4.06. The van der Waals surface area contributed by atoms with E-state index in [1.807, 2.05) is 24.3 Å². The van der Waals surface area contributed by atoms with Gasteiger partial charge in [0.25, 0.3) is 0 Å². The highest BCUT2D eigenvalue weighted by atomic mass is 35.5. The van der Waals surface area contributed by atoms with Crippen molar-refractivity contribution in [3.8, 4) is 11.5 Å². The third-order valence-electron chi connectivity index (χ3n) is 6.04. The van der Waals surface area contributed by atoms with Crippen LogP contribution >= 0.6 is 23.2 Å². The van der Waals surface area contributed by atoms with Gasteiger partial charge in [0.2, 0.25) is 0 Å². The number of benzene rings is 3. The lowest BCUT2D eigenvalue weighted by Crippen LogP contribution is -2.55. The smallest absolute Gasteiger partial charge is 0.122 e. The second kappa shape index (κ2) is 12.3. The summed E-state index contributed by atoms with van der Waals surface area (Å²) >= 11 is 12.3. The van der Waals surface area contributed by atoms with E-state index in [2.05, 4.69) is 0 Å². The molecule has 1 heterocycles. The Balaban J connectivity index is 1.35. The van der Waals surface area contributed by atoms with Crippen LogP contribution in [0.15, 0.2) is 66.7 Å². The van der Waals surface area contributed by atoms with Crippen LogP contribution in [0.5, 0.6) is 11.5 Å². The molecule has 7 nitrogen and oxygen atoms in total. The SMILES string of the molecule is OC[C@H]1O[C@@H](c2ccc(Cl)c(Cc3ccc(OCCOc4ccc(Cl)cc4)cc3)c2)[C@H](O)[C@@H](O)[C@@H]1O. The minimum atomic E-state index is -1.44.